The van der Waals surface area contributed by atoms with Gasteiger partial charge in [-0.25, -0.2) is 0 Å². The second-order valence-corrected chi connectivity index (χ2v) is 4.91. The number of hydrogen-bond donors (Lipinski definition) is 2. The van der Waals surface area contributed by atoms with Crippen molar-refractivity contribution >= 4 is 18.7 Å². The minimum Gasteiger partial charge on any atom is -0.388 e. The number of carbonyl (C=O) groups excluding carboxylic acids is 1. The zero-order chi connectivity index (χ0) is 15.3. The fourth-order valence-corrected chi connectivity index (χ4v) is 2.37. The molecule has 2 aromatic carbocycles. The van der Waals surface area contributed by atoms with Gasteiger partial charge in [-0.15, -0.1) is 12.4 Å². The maximum Gasteiger partial charge on any atom is 0.169 e. The molecule has 0 radical (unpaired) electrons. The highest BCUT2D eigenvalue weighted by molar-refractivity contribution is 5.85. The molecule has 118 valence electrons. The van der Waals surface area contributed by atoms with E-state index >= 15 is 0 Å². The van der Waals surface area contributed by atoms with Crippen LogP contribution in [0.1, 0.15) is 21.5 Å². The van der Waals surface area contributed by atoms with Crippen LogP contribution in [-0.4, -0.2) is 24.6 Å². The molecule has 0 bridgehead atoms. The minimum absolute atomic E-state index is 0. The smallest absolute Gasteiger partial charge is 0.169 e. The lowest BCUT2D eigenvalue weighted by Gasteiger charge is -2.34. The Morgan fingerprint density at radius 1 is 1.18 bits per heavy atom. The van der Waals surface area contributed by atoms with Gasteiger partial charge in [-0.1, -0.05) is 54.6 Å². The summed E-state index contributed by atoms with van der Waals surface area (Å²) in [6.07, 6.45) is 0.0647. The summed E-state index contributed by atoms with van der Waals surface area (Å²) >= 11 is 0. The Labute approximate surface area is 136 Å². The van der Waals surface area contributed by atoms with Crippen molar-refractivity contribution in [1.29, 1.82) is 0 Å². The Hall–Kier alpha value is -1.72. The maximum absolute atomic E-state index is 11.2. The summed E-state index contributed by atoms with van der Waals surface area (Å²) in [4.78, 5) is 11.2. The van der Waals surface area contributed by atoms with Gasteiger partial charge >= 0.3 is 0 Å². The number of aliphatic hydroxyl groups is 1. The van der Waals surface area contributed by atoms with Crippen molar-refractivity contribution in [3.63, 3.8) is 0 Å². The highest BCUT2D eigenvalue weighted by atomic mass is 35.5. The van der Waals surface area contributed by atoms with Crippen LogP contribution in [0.15, 0.2) is 54.6 Å². The number of aldehydes is 1. The highest BCUT2D eigenvalue weighted by Crippen LogP contribution is 2.27. The number of benzene rings is 2. The predicted octanol–water partition coefficient (Wildman–Crippen LogP) is 2.28. The van der Waals surface area contributed by atoms with Gasteiger partial charge in [0.05, 0.1) is 0 Å². The van der Waals surface area contributed by atoms with E-state index in [2.05, 4.69) is 0 Å². The Morgan fingerprint density at radius 2 is 1.77 bits per heavy atom. The van der Waals surface area contributed by atoms with Crippen molar-refractivity contribution in [2.45, 2.75) is 18.2 Å². The average Bonchev–Trinajstić information content (AvgIpc) is 2.55. The maximum atomic E-state index is 11.2. The fourth-order valence-electron chi connectivity index (χ4n) is 2.37. The Morgan fingerprint density at radius 3 is 2.36 bits per heavy atom. The second-order valence-electron chi connectivity index (χ2n) is 4.91. The number of ether oxygens (including phenoxy) is 1. The van der Waals surface area contributed by atoms with Crippen molar-refractivity contribution in [1.82, 2.24) is 0 Å². The molecule has 0 spiro atoms. The van der Waals surface area contributed by atoms with Crippen molar-refractivity contribution in [2.24, 2.45) is 5.73 Å². The van der Waals surface area contributed by atoms with E-state index in [0.29, 0.717) is 23.8 Å². The Bertz CT molecular complexity index is 606. The predicted molar refractivity (Wildman–Crippen MR) is 88.1 cm³/mol. The van der Waals surface area contributed by atoms with Gasteiger partial charge in [0, 0.05) is 24.7 Å². The Kier molecular flexibility index (Phi) is 6.71. The summed E-state index contributed by atoms with van der Waals surface area (Å²) in [7, 11) is 1.43. The molecule has 0 aromatic heterocycles. The van der Waals surface area contributed by atoms with E-state index in [1.54, 1.807) is 24.3 Å². The highest BCUT2D eigenvalue weighted by Gasteiger charge is 2.37. The molecule has 5 heteroatoms. The second kappa shape index (κ2) is 8.06. The van der Waals surface area contributed by atoms with Gasteiger partial charge in [0.1, 0.15) is 12.4 Å². The van der Waals surface area contributed by atoms with E-state index in [0.717, 1.165) is 5.56 Å². The zero-order valence-electron chi connectivity index (χ0n) is 12.3. The van der Waals surface area contributed by atoms with Gasteiger partial charge in [0.2, 0.25) is 0 Å². The largest absolute Gasteiger partial charge is 0.388 e. The van der Waals surface area contributed by atoms with Crippen LogP contribution in [0.5, 0.6) is 0 Å². The number of aliphatic hydroxyl groups excluding tert-OH is 1. The summed E-state index contributed by atoms with van der Waals surface area (Å²) in [5.74, 6) is 0. The third-order valence-corrected chi connectivity index (χ3v) is 3.61. The minimum atomic E-state index is -1.44. The molecule has 0 heterocycles. The van der Waals surface area contributed by atoms with Crippen LogP contribution in [0.3, 0.4) is 0 Å². The van der Waals surface area contributed by atoms with Gasteiger partial charge in [-0.3, -0.25) is 10.5 Å². The van der Waals surface area contributed by atoms with Crippen LogP contribution in [0.2, 0.25) is 0 Å². The monoisotopic (exact) mass is 321 g/mol. The van der Waals surface area contributed by atoms with Crippen molar-refractivity contribution in [2.75, 3.05) is 7.11 Å². The first kappa shape index (κ1) is 18.3. The molecule has 2 atom stereocenters. The lowest BCUT2D eigenvalue weighted by Crippen LogP contribution is -2.51. The molecule has 3 N–H and O–H groups in total. The molecule has 2 rings (SSSR count). The molecule has 0 aliphatic rings. The lowest BCUT2D eigenvalue weighted by molar-refractivity contribution is -0.105. The van der Waals surface area contributed by atoms with E-state index in [1.165, 1.54) is 7.11 Å². The molecule has 4 nitrogen and oxygen atoms in total. The summed E-state index contributed by atoms with van der Waals surface area (Å²) < 4.78 is 5.37. The summed E-state index contributed by atoms with van der Waals surface area (Å²) in [6, 6.07) is 16.4. The van der Waals surface area contributed by atoms with Gasteiger partial charge in [0.25, 0.3) is 0 Å². The molecular weight excluding hydrogens is 302 g/mol. The molecule has 0 aliphatic heterocycles. The topological polar surface area (TPSA) is 72.5 Å². The standard InChI is InChI=1S/C17H19NO3.ClH/c1-21-17(18,15-10-6-5-9-14(15)12-19)16(20)11-13-7-3-2-4-8-13;/h2-10,12,16,20H,11,18H2,1H3;1H/t16-,17-;/m0./s1. The molecule has 2 aromatic rings. The van der Waals surface area contributed by atoms with Crippen LogP contribution in [-0.2, 0) is 16.9 Å². The number of halogens is 1. The first-order valence-corrected chi connectivity index (χ1v) is 6.72. The van der Waals surface area contributed by atoms with E-state index in [-0.39, 0.29) is 12.4 Å². The molecule has 0 saturated carbocycles. The van der Waals surface area contributed by atoms with Crippen molar-refractivity contribution in [3.05, 3.63) is 71.3 Å². The molecule has 0 saturated heterocycles. The molecular formula is C17H20ClNO3. The first-order chi connectivity index (χ1) is 10.1. The molecule has 0 amide bonds. The first-order valence-electron chi connectivity index (χ1n) is 6.72. The number of nitrogens with two attached hydrogens (primary N) is 1. The van der Waals surface area contributed by atoms with Crippen LogP contribution in [0.4, 0.5) is 0 Å². The quantitative estimate of drug-likeness (QED) is 0.632. The molecule has 0 fully saturated rings. The normalized spacial score (nSPS) is 14.5. The van der Waals surface area contributed by atoms with Gasteiger partial charge in [-0.05, 0) is 5.56 Å². The van der Waals surface area contributed by atoms with E-state index in [9.17, 15) is 9.90 Å². The van der Waals surface area contributed by atoms with Crippen LogP contribution >= 0.6 is 12.4 Å². The lowest BCUT2D eigenvalue weighted by atomic mass is 9.90. The molecule has 0 aliphatic carbocycles. The van der Waals surface area contributed by atoms with Crippen LogP contribution in [0.25, 0.3) is 0 Å². The van der Waals surface area contributed by atoms with Gasteiger partial charge < -0.3 is 9.84 Å². The third-order valence-electron chi connectivity index (χ3n) is 3.61. The number of carbonyl (C=O) groups is 1. The van der Waals surface area contributed by atoms with Crippen LogP contribution in [0, 0.1) is 0 Å². The SMILES string of the molecule is CO[C@@](N)(c1ccccc1C=O)[C@@H](O)Cc1ccccc1.Cl. The van der Waals surface area contributed by atoms with E-state index in [1.807, 2.05) is 30.3 Å². The van der Waals surface area contributed by atoms with Crippen LogP contribution < -0.4 is 5.73 Å². The van der Waals surface area contributed by atoms with Crippen molar-refractivity contribution in [3.8, 4) is 0 Å². The number of methoxy groups -OCH3 is 1. The average molecular weight is 322 g/mol. The summed E-state index contributed by atoms with van der Waals surface area (Å²) in [6.45, 7) is 0. The summed E-state index contributed by atoms with van der Waals surface area (Å²) in [5.41, 5.74) is 6.65. The fraction of sp³-hybridized carbons (Fsp3) is 0.235. The van der Waals surface area contributed by atoms with E-state index < -0.39 is 11.8 Å². The summed E-state index contributed by atoms with van der Waals surface area (Å²) in [5, 5.41) is 10.5. The third kappa shape index (κ3) is 3.72. The Balaban J connectivity index is 0.00000242. The number of hydrogen-bond acceptors (Lipinski definition) is 4. The molecule has 22 heavy (non-hydrogen) atoms. The zero-order valence-corrected chi connectivity index (χ0v) is 13.1. The van der Waals surface area contributed by atoms with Gasteiger partial charge in [0.15, 0.2) is 5.72 Å². The van der Waals surface area contributed by atoms with Gasteiger partial charge in [-0.2, -0.15) is 0 Å². The molecule has 0 unspecified atom stereocenters. The van der Waals surface area contributed by atoms with E-state index in [4.69, 9.17) is 10.5 Å². The number of rotatable bonds is 6. The van der Waals surface area contributed by atoms with Crippen molar-refractivity contribution < 1.29 is 14.6 Å².